The summed E-state index contributed by atoms with van der Waals surface area (Å²) in [5.41, 5.74) is 7.61. The lowest BCUT2D eigenvalue weighted by atomic mass is 9.68. The van der Waals surface area contributed by atoms with Crippen LogP contribution in [-0.2, 0) is 16.6 Å². The highest BCUT2D eigenvalue weighted by Gasteiger charge is 2.41. The average molecular weight is 304 g/mol. The molecule has 0 saturated carbocycles. The largest absolute Gasteiger partial charge is 0.369 e. The summed E-state index contributed by atoms with van der Waals surface area (Å²) in [7, 11) is 4.05. The van der Waals surface area contributed by atoms with E-state index in [1.165, 1.54) is 5.56 Å². The number of nitrogens with two attached hydrogens (primary N) is 1. The van der Waals surface area contributed by atoms with Gasteiger partial charge in [0, 0.05) is 0 Å². The van der Waals surface area contributed by atoms with Crippen LogP contribution in [0.4, 0.5) is 0 Å². The van der Waals surface area contributed by atoms with Gasteiger partial charge < -0.3 is 10.6 Å². The fraction of sp³-hybridized carbons (Fsp3) is 0.632. The van der Waals surface area contributed by atoms with Crippen LogP contribution >= 0.6 is 0 Å². The zero-order valence-corrected chi connectivity index (χ0v) is 15.0. The first-order chi connectivity index (χ1) is 10.2. The van der Waals surface area contributed by atoms with Gasteiger partial charge in [0.05, 0.1) is 5.41 Å². The number of primary amides is 1. The maximum atomic E-state index is 12.3. The molecule has 0 fully saturated rings. The number of benzene rings is 1. The summed E-state index contributed by atoms with van der Waals surface area (Å²) in [6, 6.07) is 8.48. The molecule has 3 nitrogen and oxygen atoms in total. The molecule has 0 aliphatic carbocycles. The van der Waals surface area contributed by atoms with Crippen molar-refractivity contribution in [2.75, 3.05) is 20.6 Å². The Bertz CT molecular complexity index is 477. The van der Waals surface area contributed by atoms with Crippen LogP contribution in [-0.4, -0.2) is 31.4 Å². The summed E-state index contributed by atoms with van der Waals surface area (Å²) in [4.78, 5) is 14.4. The Morgan fingerprint density at radius 2 is 1.68 bits per heavy atom. The standard InChI is InChI=1S/C19H32N2O/c1-14(2)13-16-7-9-17(10-8-16)19(15(3)4,18(20)22)11-12-21(5)6/h7-10,14-15H,11-13H2,1-6H3,(H2,20,22). The lowest BCUT2D eigenvalue weighted by Crippen LogP contribution is -2.47. The molecule has 1 aromatic rings. The number of rotatable bonds is 8. The van der Waals surface area contributed by atoms with Crippen molar-refractivity contribution in [1.29, 1.82) is 0 Å². The van der Waals surface area contributed by atoms with Gasteiger partial charge in [-0.25, -0.2) is 0 Å². The molecule has 1 atom stereocenters. The molecule has 0 aromatic heterocycles. The third-order valence-electron chi connectivity index (χ3n) is 4.49. The van der Waals surface area contributed by atoms with E-state index in [0.717, 1.165) is 24.9 Å². The van der Waals surface area contributed by atoms with Crippen molar-refractivity contribution in [3.05, 3.63) is 35.4 Å². The third kappa shape index (κ3) is 4.33. The molecule has 0 aliphatic heterocycles. The van der Waals surface area contributed by atoms with Gasteiger partial charge in [-0.05, 0) is 56.4 Å². The smallest absolute Gasteiger partial charge is 0.228 e. The summed E-state index contributed by atoms with van der Waals surface area (Å²) in [6.07, 6.45) is 1.81. The second-order valence-corrected chi connectivity index (χ2v) is 7.34. The molecule has 0 saturated heterocycles. The second-order valence-electron chi connectivity index (χ2n) is 7.34. The van der Waals surface area contributed by atoms with Crippen LogP contribution in [0.3, 0.4) is 0 Å². The Morgan fingerprint density at radius 3 is 2.05 bits per heavy atom. The Hall–Kier alpha value is -1.35. The fourth-order valence-electron chi connectivity index (χ4n) is 3.13. The van der Waals surface area contributed by atoms with Crippen molar-refractivity contribution < 1.29 is 4.79 Å². The number of carbonyl (C=O) groups excluding carboxylic acids is 1. The quantitative estimate of drug-likeness (QED) is 0.801. The molecule has 0 aliphatic rings. The molecule has 1 amide bonds. The van der Waals surface area contributed by atoms with Gasteiger partial charge >= 0.3 is 0 Å². The van der Waals surface area contributed by atoms with Gasteiger partial charge in [-0.3, -0.25) is 4.79 Å². The Labute approximate surface area is 135 Å². The minimum absolute atomic E-state index is 0.167. The topological polar surface area (TPSA) is 46.3 Å². The molecule has 1 rings (SSSR count). The molecule has 3 heteroatoms. The van der Waals surface area contributed by atoms with Crippen LogP contribution in [0.1, 0.15) is 45.2 Å². The first-order valence-electron chi connectivity index (χ1n) is 8.24. The molecular weight excluding hydrogens is 272 g/mol. The summed E-state index contributed by atoms with van der Waals surface area (Å²) < 4.78 is 0. The lowest BCUT2D eigenvalue weighted by Gasteiger charge is -2.36. The van der Waals surface area contributed by atoms with Gasteiger partial charge in [0.25, 0.3) is 0 Å². The summed E-state index contributed by atoms with van der Waals surface area (Å²) >= 11 is 0. The van der Waals surface area contributed by atoms with Gasteiger partial charge in [-0.2, -0.15) is 0 Å². The zero-order chi connectivity index (χ0) is 16.9. The second kappa shape index (κ2) is 7.77. The number of hydrogen-bond acceptors (Lipinski definition) is 2. The summed E-state index contributed by atoms with van der Waals surface area (Å²) in [5, 5.41) is 0. The molecular formula is C19H32N2O. The molecule has 0 radical (unpaired) electrons. The van der Waals surface area contributed by atoms with Crippen LogP contribution in [0.15, 0.2) is 24.3 Å². The average Bonchev–Trinajstić information content (AvgIpc) is 2.39. The first kappa shape index (κ1) is 18.7. The van der Waals surface area contributed by atoms with E-state index in [2.05, 4.69) is 56.9 Å². The van der Waals surface area contributed by atoms with Gasteiger partial charge in [-0.15, -0.1) is 0 Å². The van der Waals surface area contributed by atoms with Crippen LogP contribution in [0.25, 0.3) is 0 Å². The molecule has 0 bridgehead atoms. The first-order valence-corrected chi connectivity index (χ1v) is 8.24. The van der Waals surface area contributed by atoms with E-state index in [4.69, 9.17) is 5.73 Å². The van der Waals surface area contributed by atoms with Gasteiger partial charge in [0.1, 0.15) is 0 Å². The normalized spacial score (nSPS) is 14.6. The summed E-state index contributed by atoms with van der Waals surface area (Å²) in [6.45, 7) is 9.44. The number of amides is 1. The highest BCUT2D eigenvalue weighted by molar-refractivity contribution is 5.87. The highest BCUT2D eigenvalue weighted by Crippen LogP contribution is 2.36. The van der Waals surface area contributed by atoms with Gasteiger partial charge in [0.15, 0.2) is 0 Å². The van der Waals surface area contributed by atoms with Crippen LogP contribution in [0.2, 0.25) is 0 Å². The van der Waals surface area contributed by atoms with E-state index in [1.54, 1.807) is 0 Å². The van der Waals surface area contributed by atoms with Crippen LogP contribution < -0.4 is 5.73 Å². The van der Waals surface area contributed by atoms with E-state index in [1.807, 2.05) is 14.1 Å². The van der Waals surface area contributed by atoms with Crippen molar-refractivity contribution in [2.24, 2.45) is 17.6 Å². The van der Waals surface area contributed by atoms with Gasteiger partial charge in [0.2, 0.25) is 5.91 Å². The van der Waals surface area contributed by atoms with E-state index in [0.29, 0.717) is 5.92 Å². The monoisotopic (exact) mass is 304 g/mol. The van der Waals surface area contributed by atoms with Crippen LogP contribution in [0.5, 0.6) is 0 Å². The van der Waals surface area contributed by atoms with Crippen molar-refractivity contribution in [1.82, 2.24) is 4.90 Å². The third-order valence-corrected chi connectivity index (χ3v) is 4.49. The van der Waals surface area contributed by atoms with Crippen LogP contribution in [0, 0.1) is 11.8 Å². The molecule has 2 N–H and O–H groups in total. The van der Waals surface area contributed by atoms with Crippen molar-refractivity contribution in [3.8, 4) is 0 Å². The minimum Gasteiger partial charge on any atom is -0.369 e. The predicted molar refractivity (Wildman–Crippen MR) is 93.9 cm³/mol. The maximum absolute atomic E-state index is 12.3. The lowest BCUT2D eigenvalue weighted by molar-refractivity contribution is -0.125. The number of hydrogen-bond donors (Lipinski definition) is 1. The zero-order valence-electron chi connectivity index (χ0n) is 15.0. The van der Waals surface area contributed by atoms with E-state index in [9.17, 15) is 4.79 Å². The van der Waals surface area contributed by atoms with Gasteiger partial charge in [-0.1, -0.05) is 52.0 Å². The summed E-state index contributed by atoms with van der Waals surface area (Å²) in [5.74, 6) is 0.576. The van der Waals surface area contributed by atoms with Crippen molar-refractivity contribution in [2.45, 2.75) is 46.0 Å². The predicted octanol–water partition coefficient (Wildman–Crippen LogP) is 3.22. The van der Waals surface area contributed by atoms with E-state index in [-0.39, 0.29) is 11.8 Å². The maximum Gasteiger partial charge on any atom is 0.228 e. The Kier molecular flexibility index (Phi) is 6.61. The molecule has 124 valence electrons. The molecule has 1 unspecified atom stereocenters. The minimum atomic E-state index is -0.597. The Morgan fingerprint density at radius 1 is 1.14 bits per heavy atom. The van der Waals surface area contributed by atoms with Crippen molar-refractivity contribution in [3.63, 3.8) is 0 Å². The number of nitrogens with zero attached hydrogens (tertiary/aromatic N) is 1. The molecule has 1 aromatic carbocycles. The fourth-order valence-corrected chi connectivity index (χ4v) is 3.13. The highest BCUT2D eigenvalue weighted by atomic mass is 16.1. The van der Waals surface area contributed by atoms with E-state index >= 15 is 0 Å². The molecule has 0 heterocycles. The Balaban J connectivity index is 3.17. The molecule has 0 spiro atoms. The SMILES string of the molecule is CC(C)Cc1ccc(C(CCN(C)C)(C(N)=O)C(C)C)cc1. The van der Waals surface area contributed by atoms with Crippen molar-refractivity contribution >= 4 is 5.91 Å². The molecule has 22 heavy (non-hydrogen) atoms. The van der Waals surface area contributed by atoms with E-state index < -0.39 is 5.41 Å². The number of carbonyl (C=O) groups is 1.